The normalized spacial score (nSPS) is 13.5. The maximum absolute atomic E-state index is 13.3. The smallest absolute Gasteiger partial charge is 0.123 e. The Balaban J connectivity index is 0.000000208. The molecule has 0 spiro atoms. The number of benzene rings is 4. The summed E-state index contributed by atoms with van der Waals surface area (Å²) in [5, 5.41) is 3.51. The van der Waals surface area contributed by atoms with Crippen LogP contribution < -0.4 is 5.19 Å². The molecular weight excluding hydrogens is 800 g/mol. The van der Waals surface area contributed by atoms with Crippen molar-refractivity contribution in [1.29, 1.82) is 0 Å². The van der Waals surface area contributed by atoms with Crippen molar-refractivity contribution >= 4 is 35.2 Å². The van der Waals surface area contributed by atoms with Gasteiger partial charge in [-0.3, -0.25) is 0 Å². The van der Waals surface area contributed by atoms with Crippen molar-refractivity contribution in [2.75, 3.05) is 0 Å². The molecule has 3 nitrogen and oxygen atoms in total. The number of halogens is 1. The van der Waals surface area contributed by atoms with Gasteiger partial charge in [-0.1, -0.05) is 97.9 Å². The summed E-state index contributed by atoms with van der Waals surface area (Å²) in [6, 6.07) is 39.9. The summed E-state index contributed by atoms with van der Waals surface area (Å²) in [5.74, 6) is 0.389. The van der Waals surface area contributed by atoms with Crippen LogP contribution in [-0.4, -0.2) is 18.0 Å². The maximum Gasteiger partial charge on any atom is 0.123 e. The van der Waals surface area contributed by atoms with Gasteiger partial charge in [-0.15, -0.1) is 54.1 Å². The van der Waals surface area contributed by atoms with Gasteiger partial charge in [0, 0.05) is 37.9 Å². The molecule has 3 heterocycles. The fraction of sp³-hybridized carbons (Fsp3) is 0.209. The Hall–Kier alpha value is -4.22. The van der Waals surface area contributed by atoms with Gasteiger partial charge in [0.15, 0.2) is 0 Å². The predicted molar refractivity (Wildman–Crippen MR) is 198 cm³/mol. The van der Waals surface area contributed by atoms with Crippen LogP contribution in [0.4, 0.5) is 4.39 Å². The summed E-state index contributed by atoms with van der Waals surface area (Å²) in [5.41, 5.74) is 8.83. The van der Waals surface area contributed by atoms with E-state index in [9.17, 15) is 4.39 Å². The van der Waals surface area contributed by atoms with Crippen LogP contribution in [-0.2, 0) is 20.1 Å². The zero-order chi connectivity index (χ0) is 33.1. The van der Waals surface area contributed by atoms with Crippen LogP contribution in [0.15, 0.2) is 120 Å². The Morgan fingerprint density at radius 2 is 1.53 bits per heavy atom. The van der Waals surface area contributed by atoms with Crippen LogP contribution in [0, 0.1) is 17.9 Å². The van der Waals surface area contributed by atoms with Crippen molar-refractivity contribution in [2.45, 2.75) is 57.7 Å². The van der Waals surface area contributed by atoms with E-state index in [1.165, 1.54) is 55.0 Å². The molecule has 3 aromatic heterocycles. The molecule has 0 aliphatic heterocycles. The number of hydrogen-bond acceptors (Lipinski definition) is 3. The Bertz CT molecular complexity index is 2150. The molecule has 7 aromatic rings. The standard InChI is InChI=1S/C29H23FNO.C14H16NSi.Ir/c30-23-12-9-20(10-13-23)21-11-14-24-25-7-4-8-26(29(25)32-28(24)18-21)27-17-22(15-16-31-27)19-5-2-1-3-6-19;1-16(2,3)13-9-10-14(15-11-13)12-7-5-4-6-8-12;/h4,7,9-19H,1-3,5-6H2;4-7,9-11H,1-3H3;/q2*-1;. The Morgan fingerprint density at radius 1 is 0.735 bits per heavy atom. The molecule has 1 aliphatic rings. The van der Waals surface area contributed by atoms with Gasteiger partial charge in [0.1, 0.15) is 11.4 Å². The SMILES string of the molecule is C[Si](C)(C)c1ccc(-c2[c-]cccc2)nc1.Fc1ccc(-c2ccc3c(c2)oc2c(-c4cc(C5CCCCC5)ccn4)[c-]ccc23)cc1.[Ir]. The zero-order valence-electron chi connectivity index (χ0n) is 28.1. The van der Waals surface area contributed by atoms with Crippen molar-refractivity contribution in [1.82, 2.24) is 9.97 Å². The van der Waals surface area contributed by atoms with E-state index in [-0.39, 0.29) is 25.9 Å². The second kappa shape index (κ2) is 15.1. The first-order chi connectivity index (χ1) is 23.3. The molecule has 1 saturated carbocycles. The number of nitrogens with zero attached hydrogens (tertiary/aromatic N) is 2. The van der Waals surface area contributed by atoms with E-state index in [4.69, 9.17) is 4.42 Å². The van der Waals surface area contributed by atoms with Gasteiger partial charge in [-0.05, 0) is 70.7 Å². The summed E-state index contributed by atoms with van der Waals surface area (Å²) in [6.07, 6.45) is 10.4. The minimum atomic E-state index is -1.23. The monoisotopic (exact) mass is 839 g/mol. The molecule has 0 bridgehead atoms. The molecule has 4 aromatic carbocycles. The molecule has 0 N–H and O–H groups in total. The van der Waals surface area contributed by atoms with Gasteiger partial charge < -0.3 is 14.4 Å². The van der Waals surface area contributed by atoms with E-state index in [1.54, 1.807) is 12.1 Å². The van der Waals surface area contributed by atoms with Crippen molar-refractivity contribution in [3.8, 4) is 33.6 Å². The van der Waals surface area contributed by atoms with Crippen molar-refractivity contribution in [2.24, 2.45) is 0 Å². The Kier molecular flexibility index (Phi) is 10.7. The van der Waals surface area contributed by atoms with E-state index >= 15 is 0 Å². The minimum Gasteiger partial charge on any atom is -0.501 e. The first kappa shape index (κ1) is 34.6. The minimum absolute atomic E-state index is 0. The molecule has 49 heavy (non-hydrogen) atoms. The van der Waals surface area contributed by atoms with E-state index in [1.807, 2.05) is 54.9 Å². The maximum atomic E-state index is 13.3. The fourth-order valence-electron chi connectivity index (χ4n) is 6.58. The van der Waals surface area contributed by atoms with Gasteiger partial charge in [0.25, 0.3) is 0 Å². The second-order valence-corrected chi connectivity index (χ2v) is 18.8. The molecule has 6 heteroatoms. The van der Waals surface area contributed by atoms with Crippen LogP contribution >= 0.6 is 0 Å². The first-order valence-corrected chi connectivity index (χ1v) is 20.4. The van der Waals surface area contributed by atoms with Crippen molar-refractivity contribution in [3.05, 3.63) is 139 Å². The van der Waals surface area contributed by atoms with Crippen LogP contribution in [0.5, 0.6) is 0 Å². The van der Waals surface area contributed by atoms with E-state index in [2.05, 4.69) is 78.1 Å². The number of furan rings is 1. The molecular formula is C43H39FIrN2OSi-2. The predicted octanol–water partition coefficient (Wildman–Crippen LogP) is 11.4. The number of hydrogen-bond donors (Lipinski definition) is 0. The molecule has 0 atom stereocenters. The van der Waals surface area contributed by atoms with Crippen LogP contribution in [0.25, 0.3) is 55.6 Å². The van der Waals surface area contributed by atoms with Crippen molar-refractivity contribution in [3.63, 3.8) is 0 Å². The average Bonchev–Trinajstić information content (AvgIpc) is 3.51. The molecule has 8 rings (SSSR count). The summed E-state index contributed by atoms with van der Waals surface area (Å²) < 4.78 is 19.7. The van der Waals surface area contributed by atoms with Gasteiger partial charge in [0.2, 0.25) is 0 Å². The van der Waals surface area contributed by atoms with Gasteiger partial charge in [-0.25, -0.2) is 4.39 Å². The average molecular weight is 839 g/mol. The van der Waals surface area contributed by atoms with Crippen LogP contribution in [0.2, 0.25) is 19.6 Å². The Labute approximate surface area is 303 Å². The summed E-state index contributed by atoms with van der Waals surface area (Å²) in [7, 11) is -1.23. The molecule has 0 amide bonds. The van der Waals surface area contributed by atoms with Crippen LogP contribution in [0.3, 0.4) is 0 Å². The number of aromatic nitrogens is 2. The van der Waals surface area contributed by atoms with Crippen LogP contribution in [0.1, 0.15) is 43.6 Å². The third-order valence-corrected chi connectivity index (χ3v) is 11.4. The van der Waals surface area contributed by atoms with Gasteiger partial charge >= 0.3 is 0 Å². The van der Waals surface area contributed by atoms with E-state index < -0.39 is 8.07 Å². The third kappa shape index (κ3) is 7.83. The summed E-state index contributed by atoms with van der Waals surface area (Å²) in [4.78, 5) is 9.19. The topological polar surface area (TPSA) is 38.9 Å². The number of rotatable bonds is 5. The van der Waals surface area contributed by atoms with E-state index in [0.717, 1.165) is 55.6 Å². The fourth-order valence-corrected chi connectivity index (χ4v) is 7.61. The summed E-state index contributed by atoms with van der Waals surface area (Å²) in [6.45, 7) is 7.00. The molecule has 249 valence electrons. The quantitative estimate of drug-likeness (QED) is 0.128. The molecule has 1 radical (unpaired) electrons. The molecule has 1 aliphatic carbocycles. The van der Waals surface area contributed by atoms with Crippen molar-refractivity contribution < 1.29 is 28.9 Å². The number of pyridine rings is 2. The molecule has 1 fully saturated rings. The zero-order valence-corrected chi connectivity index (χ0v) is 31.5. The van der Waals surface area contributed by atoms with E-state index in [0.29, 0.717) is 5.92 Å². The largest absolute Gasteiger partial charge is 0.501 e. The number of fused-ring (bicyclic) bond motifs is 3. The summed E-state index contributed by atoms with van der Waals surface area (Å²) >= 11 is 0. The molecule has 0 saturated heterocycles. The van der Waals surface area contributed by atoms with Gasteiger partial charge in [-0.2, -0.15) is 0 Å². The second-order valence-electron chi connectivity index (χ2n) is 13.7. The van der Waals surface area contributed by atoms with Gasteiger partial charge in [0.05, 0.1) is 13.7 Å². The third-order valence-electron chi connectivity index (χ3n) is 9.34. The molecule has 0 unspecified atom stereocenters. The first-order valence-electron chi connectivity index (χ1n) is 16.9. The Morgan fingerprint density at radius 3 is 2.24 bits per heavy atom.